The number of carbonyl (C=O) groups excluding carboxylic acids is 2. The summed E-state index contributed by atoms with van der Waals surface area (Å²) in [6, 6.07) is 0. The van der Waals surface area contributed by atoms with Crippen LogP contribution in [0.25, 0.3) is 0 Å². The molecule has 0 aliphatic heterocycles. The molecule has 0 aliphatic rings. The quantitative estimate of drug-likeness (QED) is 0.311. The van der Waals surface area contributed by atoms with E-state index in [9.17, 15) is 9.59 Å². The molecule has 0 amide bonds. The van der Waals surface area contributed by atoms with Crippen molar-refractivity contribution >= 4 is 11.9 Å². The molecule has 0 N–H and O–H groups in total. The molecule has 0 fully saturated rings. The van der Waals surface area contributed by atoms with Crippen LogP contribution in [0.15, 0.2) is 12.2 Å². The van der Waals surface area contributed by atoms with Gasteiger partial charge in [-0.05, 0) is 6.92 Å². The summed E-state index contributed by atoms with van der Waals surface area (Å²) in [4.78, 5) is 21.0. The molecule has 5 heteroatoms. The molecule has 0 aromatic heterocycles. The Morgan fingerprint density at radius 3 is 2.00 bits per heavy atom. The van der Waals surface area contributed by atoms with Crippen molar-refractivity contribution < 1.29 is 36.1 Å². The van der Waals surface area contributed by atoms with E-state index < -0.39 is 5.97 Å². The maximum atomic E-state index is 10.7. The van der Waals surface area contributed by atoms with E-state index in [1.807, 2.05) is 0 Å². The Morgan fingerprint density at radius 1 is 1.15 bits per heavy atom. The van der Waals surface area contributed by atoms with Crippen LogP contribution in [-0.2, 0) is 36.1 Å². The van der Waals surface area contributed by atoms with Gasteiger partial charge in [-0.1, -0.05) is 6.58 Å². The molecule has 0 heterocycles. The van der Waals surface area contributed by atoms with Gasteiger partial charge in [-0.3, -0.25) is 4.79 Å². The molecule has 0 bridgehead atoms. The van der Waals surface area contributed by atoms with Crippen LogP contribution in [0.3, 0.4) is 0 Å². The first-order valence-corrected chi connectivity index (χ1v) is 3.50. The minimum absolute atomic E-state index is 0. The molecule has 0 aliphatic carbocycles. The van der Waals surface area contributed by atoms with Crippen molar-refractivity contribution in [3.63, 3.8) is 0 Å². The molecule has 0 spiro atoms. The Kier molecular flexibility index (Phi) is 8.86. The largest absolute Gasteiger partial charge is 0.462 e. The average molecular weight is 236 g/mol. The third-order valence-corrected chi connectivity index (χ3v) is 0.970. The minimum Gasteiger partial charge on any atom is -0.462 e. The van der Waals surface area contributed by atoms with E-state index in [-0.39, 0.29) is 36.3 Å². The van der Waals surface area contributed by atoms with Gasteiger partial charge in [-0.2, -0.15) is 0 Å². The molecule has 0 atom stereocenters. The van der Waals surface area contributed by atoms with Crippen LogP contribution in [0.2, 0.25) is 0 Å². The summed E-state index contributed by atoms with van der Waals surface area (Å²) in [5.74, 6) is -0.858. The van der Waals surface area contributed by atoms with Crippen LogP contribution in [-0.4, -0.2) is 25.2 Å². The Bertz CT molecular complexity index is 200. The molecule has 4 nitrogen and oxygen atoms in total. The fraction of sp³-hybridized carbons (Fsp3) is 0.500. The van der Waals surface area contributed by atoms with Crippen LogP contribution < -0.4 is 0 Å². The first kappa shape index (κ1) is 14.7. The summed E-state index contributed by atoms with van der Waals surface area (Å²) in [5.41, 5.74) is 0.331. The topological polar surface area (TPSA) is 52.6 Å². The second-order valence-corrected chi connectivity index (χ2v) is 2.26. The molecule has 79 valence electrons. The first-order chi connectivity index (χ1) is 5.54. The Balaban J connectivity index is 0. The smallest absolute Gasteiger partial charge is 0.333 e. The molecule has 0 saturated heterocycles. The second kappa shape index (κ2) is 7.83. The molecular weight excluding hydrogens is 224 g/mol. The van der Waals surface area contributed by atoms with Crippen LogP contribution in [0, 0.1) is 0 Å². The van der Waals surface area contributed by atoms with E-state index >= 15 is 0 Å². The zero-order valence-corrected chi connectivity index (χ0v) is 8.50. The molecule has 1 radical (unpaired) electrons. The summed E-state index contributed by atoms with van der Waals surface area (Å²) in [7, 11) is 0. The van der Waals surface area contributed by atoms with Gasteiger partial charge in [0.15, 0.2) is 0 Å². The summed E-state index contributed by atoms with van der Waals surface area (Å²) >= 11 is 0. The molecule has 13 heavy (non-hydrogen) atoms. The van der Waals surface area contributed by atoms with Crippen molar-refractivity contribution in [1.82, 2.24) is 0 Å². The number of hydrogen-bond acceptors (Lipinski definition) is 4. The Labute approximate surface area is 87.7 Å². The summed E-state index contributed by atoms with van der Waals surface area (Å²) in [6.07, 6.45) is 0. The van der Waals surface area contributed by atoms with Crippen molar-refractivity contribution in [3.05, 3.63) is 12.2 Å². The fourth-order valence-electron chi connectivity index (χ4n) is 0.443. The molecule has 0 aromatic rings. The van der Waals surface area contributed by atoms with E-state index in [4.69, 9.17) is 0 Å². The van der Waals surface area contributed by atoms with Gasteiger partial charge < -0.3 is 9.47 Å². The number of hydrogen-bond donors (Lipinski definition) is 0. The average Bonchev–Trinajstić information content (AvgIpc) is 1.97. The fourth-order valence-corrected chi connectivity index (χ4v) is 0.443. The second-order valence-electron chi connectivity index (χ2n) is 2.26. The van der Waals surface area contributed by atoms with Crippen molar-refractivity contribution in [2.45, 2.75) is 13.8 Å². The van der Waals surface area contributed by atoms with Gasteiger partial charge in [-0.15, -0.1) is 0 Å². The molecule has 0 unspecified atom stereocenters. The molecular formula is C8H12CuO4. The zero-order valence-electron chi connectivity index (χ0n) is 7.56. The predicted octanol–water partition coefficient (Wildman–Crippen LogP) is 0.666. The molecule has 0 rings (SSSR count). The summed E-state index contributed by atoms with van der Waals surface area (Å²) in [6.45, 7) is 6.39. The van der Waals surface area contributed by atoms with Gasteiger partial charge >= 0.3 is 11.9 Å². The number of ether oxygens (including phenoxy) is 2. The van der Waals surface area contributed by atoms with E-state index in [0.29, 0.717) is 5.57 Å². The first-order valence-electron chi connectivity index (χ1n) is 3.50. The van der Waals surface area contributed by atoms with E-state index in [1.54, 1.807) is 6.92 Å². The predicted molar refractivity (Wildman–Crippen MR) is 42.4 cm³/mol. The summed E-state index contributed by atoms with van der Waals surface area (Å²) in [5, 5.41) is 0. The monoisotopic (exact) mass is 235 g/mol. The van der Waals surface area contributed by atoms with E-state index in [0.717, 1.165) is 0 Å². The third-order valence-electron chi connectivity index (χ3n) is 0.970. The number of rotatable bonds is 4. The third kappa shape index (κ3) is 9.11. The number of esters is 2. The normalized spacial score (nSPS) is 8.15. The van der Waals surface area contributed by atoms with Crippen molar-refractivity contribution in [2.75, 3.05) is 13.2 Å². The minimum atomic E-state index is -0.470. The van der Waals surface area contributed by atoms with Crippen LogP contribution in [0.1, 0.15) is 13.8 Å². The van der Waals surface area contributed by atoms with Gasteiger partial charge in [0, 0.05) is 29.6 Å². The SMILES string of the molecule is C=C(C)C(=O)OCCOC(C)=O.[Cu]. The van der Waals surface area contributed by atoms with Gasteiger partial charge in [0.25, 0.3) is 0 Å². The molecule has 0 aromatic carbocycles. The Morgan fingerprint density at radius 2 is 1.62 bits per heavy atom. The standard InChI is InChI=1S/C8H12O4.Cu/c1-6(2)8(10)12-5-4-11-7(3)9;/h1,4-5H2,2-3H3;. The maximum absolute atomic E-state index is 10.7. The van der Waals surface area contributed by atoms with Gasteiger partial charge in [-0.25, -0.2) is 4.79 Å². The van der Waals surface area contributed by atoms with Crippen molar-refractivity contribution in [1.29, 1.82) is 0 Å². The van der Waals surface area contributed by atoms with Gasteiger partial charge in [0.05, 0.1) is 0 Å². The van der Waals surface area contributed by atoms with Gasteiger partial charge in [0.2, 0.25) is 0 Å². The van der Waals surface area contributed by atoms with Crippen LogP contribution >= 0.6 is 0 Å². The molecule has 0 saturated carbocycles. The van der Waals surface area contributed by atoms with Crippen LogP contribution in [0.5, 0.6) is 0 Å². The van der Waals surface area contributed by atoms with Crippen molar-refractivity contribution in [3.8, 4) is 0 Å². The van der Waals surface area contributed by atoms with E-state index in [2.05, 4.69) is 16.1 Å². The number of carbonyl (C=O) groups is 2. The summed E-state index contributed by atoms with van der Waals surface area (Å²) < 4.78 is 9.16. The Hall–Kier alpha value is -0.801. The maximum Gasteiger partial charge on any atom is 0.333 e. The van der Waals surface area contributed by atoms with Crippen LogP contribution in [0.4, 0.5) is 0 Å². The van der Waals surface area contributed by atoms with Crippen molar-refractivity contribution in [2.24, 2.45) is 0 Å². The zero-order chi connectivity index (χ0) is 9.56. The van der Waals surface area contributed by atoms with E-state index in [1.165, 1.54) is 6.92 Å². The van der Waals surface area contributed by atoms with Gasteiger partial charge in [0.1, 0.15) is 13.2 Å².